The Morgan fingerprint density at radius 3 is 2.55 bits per heavy atom. The first-order chi connectivity index (χ1) is 9.45. The minimum atomic E-state index is -1.08. The maximum atomic E-state index is 13.2. The molecule has 0 aromatic heterocycles. The van der Waals surface area contributed by atoms with Gasteiger partial charge in [-0.15, -0.1) is 0 Å². The van der Waals surface area contributed by atoms with Crippen LogP contribution in [0.15, 0.2) is 45.3 Å². The van der Waals surface area contributed by atoms with E-state index in [4.69, 9.17) is 9.84 Å². The maximum Gasteiger partial charge on any atom is 0.339 e. The molecule has 104 valence electrons. The SMILES string of the molecule is O=C(O)c1cc(Br)ccc1OCc1cc(F)cc(Br)c1. The molecule has 0 bridgehead atoms. The van der Waals surface area contributed by atoms with Gasteiger partial charge in [0.2, 0.25) is 0 Å². The van der Waals surface area contributed by atoms with Crippen LogP contribution in [0, 0.1) is 5.82 Å². The Bertz CT molecular complexity index is 639. The van der Waals surface area contributed by atoms with Crippen LogP contribution in [0.25, 0.3) is 0 Å². The average Bonchev–Trinajstić information content (AvgIpc) is 2.36. The van der Waals surface area contributed by atoms with Crippen LogP contribution in [0.4, 0.5) is 4.39 Å². The number of carboxylic acid groups (broad SMARTS) is 1. The number of rotatable bonds is 4. The maximum absolute atomic E-state index is 13.2. The molecule has 0 heterocycles. The van der Waals surface area contributed by atoms with Crippen molar-refractivity contribution in [2.45, 2.75) is 6.61 Å². The van der Waals surface area contributed by atoms with Crippen LogP contribution < -0.4 is 4.74 Å². The van der Waals surface area contributed by atoms with Crippen molar-refractivity contribution in [3.05, 3.63) is 62.3 Å². The van der Waals surface area contributed by atoms with E-state index in [-0.39, 0.29) is 23.7 Å². The van der Waals surface area contributed by atoms with Crippen molar-refractivity contribution in [1.82, 2.24) is 0 Å². The molecule has 0 aliphatic rings. The van der Waals surface area contributed by atoms with Gasteiger partial charge in [-0.3, -0.25) is 0 Å². The molecule has 20 heavy (non-hydrogen) atoms. The van der Waals surface area contributed by atoms with Crippen molar-refractivity contribution in [2.75, 3.05) is 0 Å². The standard InChI is InChI=1S/C14H9Br2FO3/c15-9-1-2-13(12(6-9)14(18)19)20-7-8-3-10(16)5-11(17)4-8/h1-6H,7H2,(H,18,19). The van der Waals surface area contributed by atoms with E-state index in [0.29, 0.717) is 14.5 Å². The molecule has 0 radical (unpaired) electrons. The molecular formula is C14H9Br2FO3. The Balaban J connectivity index is 2.20. The highest BCUT2D eigenvalue weighted by Gasteiger charge is 2.12. The van der Waals surface area contributed by atoms with Gasteiger partial charge < -0.3 is 9.84 Å². The fourth-order valence-electron chi connectivity index (χ4n) is 1.65. The number of hydrogen-bond donors (Lipinski definition) is 1. The van der Waals surface area contributed by atoms with Crippen LogP contribution in [-0.2, 0) is 6.61 Å². The molecule has 1 N–H and O–H groups in total. The fraction of sp³-hybridized carbons (Fsp3) is 0.0714. The van der Waals surface area contributed by atoms with Crippen LogP contribution in [0.1, 0.15) is 15.9 Å². The first-order valence-electron chi connectivity index (χ1n) is 5.56. The molecule has 0 aliphatic heterocycles. The average molecular weight is 404 g/mol. The fourth-order valence-corrected chi connectivity index (χ4v) is 2.52. The Kier molecular flexibility index (Phi) is 4.77. The second-order valence-corrected chi connectivity index (χ2v) is 5.84. The largest absolute Gasteiger partial charge is 0.488 e. The van der Waals surface area contributed by atoms with Gasteiger partial charge in [0.15, 0.2) is 0 Å². The predicted molar refractivity (Wildman–Crippen MR) is 79.5 cm³/mol. The normalized spacial score (nSPS) is 10.3. The molecule has 6 heteroatoms. The monoisotopic (exact) mass is 402 g/mol. The number of hydrogen-bond acceptors (Lipinski definition) is 2. The highest BCUT2D eigenvalue weighted by molar-refractivity contribution is 9.10. The van der Waals surface area contributed by atoms with E-state index >= 15 is 0 Å². The van der Waals surface area contributed by atoms with Crippen molar-refractivity contribution >= 4 is 37.8 Å². The van der Waals surface area contributed by atoms with Gasteiger partial charge in [-0.25, -0.2) is 9.18 Å². The summed E-state index contributed by atoms with van der Waals surface area (Å²) in [5.41, 5.74) is 0.658. The van der Waals surface area contributed by atoms with E-state index < -0.39 is 5.97 Å². The summed E-state index contributed by atoms with van der Waals surface area (Å²) in [6, 6.07) is 9.09. The third-order valence-electron chi connectivity index (χ3n) is 2.49. The van der Waals surface area contributed by atoms with Crippen LogP contribution >= 0.6 is 31.9 Å². The summed E-state index contributed by atoms with van der Waals surface area (Å²) in [6.07, 6.45) is 0. The van der Waals surface area contributed by atoms with Gasteiger partial charge >= 0.3 is 5.97 Å². The Morgan fingerprint density at radius 1 is 1.15 bits per heavy atom. The number of aromatic carboxylic acids is 1. The molecule has 0 unspecified atom stereocenters. The Labute approximate surface area is 131 Å². The van der Waals surface area contributed by atoms with Gasteiger partial charge in [0, 0.05) is 8.95 Å². The topological polar surface area (TPSA) is 46.5 Å². The van der Waals surface area contributed by atoms with Crippen molar-refractivity contribution in [2.24, 2.45) is 0 Å². The predicted octanol–water partition coefficient (Wildman–Crippen LogP) is 4.63. The van der Waals surface area contributed by atoms with Crippen LogP contribution in [0.3, 0.4) is 0 Å². The van der Waals surface area contributed by atoms with Gasteiger partial charge in [0.25, 0.3) is 0 Å². The quantitative estimate of drug-likeness (QED) is 0.809. The summed E-state index contributed by atoms with van der Waals surface area (Å²) in [5, 5.41) is 9.11. The summed E-state index contributed by atoms with van der Waals surface area (Å²) in [6.45, 7) is 0.0816. The Morgan fingerprint density at radius 2 is 1.90 bits per heavy atom. The highest BCUT2D eigenvalue weighted by Crippen LogP contribution is 2.24. The zero-order chi connectivity index (χ0) is 14.7. The number of carbonyl (C=O) groups is 1. The second kappa shape index (κ2) is 6.37. The molecule has 2 aromatic carbocycles. The highest BCUT2D eigenvalue weighted by atomic mass is 79.9. The van der Waals surface area contributed by atoms with E-state index in [1.807, 2.05) is 0 Å². The second-order valence-electron chi connectivity index (χ2n) is 4.01. The molecule has 0 saturated heterocycles. The number of ether oxygens (including phenoxy) is 1. The van der Waals surface area contributed by atoms with Gasteiger partial charge in [0.05, 0.1) is 0 Å². The lowest BCUT2D eigenvalue weighted by molar-refractivity contribution is 0.0691. The number of carboxylic acids is 1. The Hall–Kier alpha value is -1.40. The van der Waals surface area contributed by atoms with E-state index in [1.165, 1.54) is 18.2 Å². The van der Waals surface area contributed by atoms with Crippen molar-refractivity contribution in [3.63, 3.8) is 0 Å². The summed E-state index contributed by atoms with van der Waals surface area (Å²) in [7, 11) is 0. The van der Waals surface area contributed by atoms with Gasteiger partial charge in [0.1, 0.15) is 23.7 Å². The third kappa shape index (κ3) is 3.80. The lowest BCUT2D eigenvalue weighted by Gasteiger charge is -2.10. The minimum Gasteiger partial charge on any atom is -0.488 e. The summed E-state index contributed by atoms with van der Waals surface area (Å²) in [5.74, 6) is -1.23. The minimum absolute atomic E-state index is 0.0508. The molecule has 0 atom stereocenters. The summed E-state index contributed by atoms with van der Waals surface area (Å²) < 4.78 is 19.9. The first-order valence-corrected chi connectivity index (χ1v) is 7.15. The van der Waals surface area contributed by atoms with E-state index in [0.717, 1.165) is 0 Å². The molecule has 0 spiro atoms. The van der Waals surface area contributed by atoms with Gasteiger partial charge in [-0.2, -0.15) is 0 Å². The van der Waals surface area contributed by atoms with E-state index in [9.17, 15) is 9.18 Å². The van der Waals surface area contributed by atoms with Crippen molar-refractivity contribution in [1.29, 1.82) is 0 Å². The molecule has 3 nitrogen and oxygen atoms in total. The lowest BCUT2D eigenvalue weighted by atomic mass is 10.2. The lowest BCUT2D eigenvalue weighted by Crippen LogP contribution is -2.03. The first kappa shape index (κ1) is 15.0. The molecule has 0 aliphatic carbocycles. The van der Waals surface area contributed by atoms with Crippen molar-refractivity contribution in [3.8, 4) is 5.75 Å². The smallest absolute Gasteiger partial charge is 0.339 e. The zero-order valence-electron chi connectivity index (χ0n) is 10.1. The number of halogens is 3. The van der Waals surface area contributed by atoms with Crippen molar-refractivity contribution < 1.29 is 19.0 Å². The molecule has 0 saturated carbocycles. The van der Waals surface area contributed by atoms with Crippen LogP contribution in [-0.4, -0.2) is 11.1 Å². The molecule has 2 rings (SSSR count). The summed E-state index contributed by atoms with van der Waals surface area (Å²) >= 11 is 6.40. The summed E-state index contributed by atoms with van der Waals surface area (Å²) in [4.78, 5) is 11.1. The van der Waals surface area contributed by atoms with Crippen LogP contribution in [0.5, 0.6) is 5.75 Å². The molecular weight excluding hydrogens is 395 g/mol. The molecule has 0 amide bonds. The van der Waals surface area contributed by atoms with E-state index in [2.05, 4.69) is 31.9 Å². The van der Waals surface area contributed by atoms with Gasteiger partial charge in [-0.1, -0.05) is 31.9 Å². The van der Waals surface area contributed by atoms with E-state index in [1.54, 1.807) is 18.2 Å². The molecule has 0 fully saturated rings. The number of benzene rings is 2. The molecule has 2 aromatic rings. The zero-order valence-corrected chi connectivity index (χ0v) is 13.2. The van der Waals surface area contributed by atoms with Gasteiger partial charge in [-0.05, 0) is 42.0 Å². The third-order valence-corrected chi connectivity index (χ3v) is 3.44. The van der Waals surface area contributed by atoms with Crippen LogP contribution in [0.2, 0.25) is 0 Å².